The average molecular weight is 367 g/mol. The van der Waals surface area contributed by atoms with E-state index in [9.17, 15) is 23.7 Å². The fourth-order valence-electron chi connectivity index (χ4n) is 2.94. The van der Waals surface area contributed by atoms with E-state index >= 15 is 0 Å². The topological polar surface area (TPSA) is 84.3 Å². The van der Waals surface area contributed by atoms with Crippen molar-refractivity contribution in [3.63, 3.8) is 0 Å². The van der Waals surface area contributed by atoms with Crippen LogP contribution >= 0.6 is 11.3 Å². The number of halogens is 2. The van der Waals surface area contributed by atoms with Gasteiger partial charge in [0.1, 0.15) is 0 Å². The molecule has 2 atom stereocenters. The van der Waals surface area contributed by atoms with Gasteiger partial charge in [0.05, 0.1) is 9.80 Å². The second-order valence-electron chi connectivity index (χ2n) is 5.75. The molecule has 0 saturated carbocycles. The van der Waals surface area contributed by atoms with Gasteiger partial charge in [-0.25, -0.2) is 8.78 Å². The monoisotopic (exact) mass is 367 g/mol. The maximum atomic E-state index is 13.5. The molecule has 9 heteroatoms. The molecule has 132 valence electrons. The Morgan fingerprint density at radius 1 is 1.28 bits per heavy atom. The number of carbonyl (C=O) groups is 1. The van der Waals surface area contributed by atoms with E-state index in [0.29, 0.717) is 25.1 Å². The summed E-state index contributed by atoms with van der Waals surface area (Å²) in [6, 6.07) is 6.11. The molecule has 1 amide bonds. The number of nitrogens with zero attached hydrogens (tertiary/aromatic N) is 1. The van der Waals surface area contributed by atoms with Crippen molar-refractivity contribution < 1.29 is 18.5 Å². The Labute approximate surface area is 146 Å². The van der Waals surface area contributed by atoms with Crippen LogP contribution in [0.1, 0.15) is 27.6 Å². The number of nitro groups is 1. The lowest BCUT2D eigenvalue weighted by molar-refractivity contribution is -0.380. The van der Waals surface area contributed by atoms with Gasteiger partial charge in [-0.2, -0.15) is 0 Å². The van der Waals surface area contributed by atoms with Crippen LogP contribution in [0.25, 0.3) is 0 Å². The highest BCUT2D eigenvalue weighted by molar-refractivity contribution is 7.17. The van der Waals surface area contributed by atoms with Crippen LogP contribution in [0.5, 0.6) is 0 Å². The summed E-state index contributed by atoms with van der Waals surface area (Å²) in [5.41, 5.74) is 0.614. The smallest absolute Gasteiger partial charge is 0.324 e. The Balaban J connectivity index is 1.77. The Kier molecular flexibility index (Phi) is 5.05. The minimum absolute atomic E-state index is 0.107. The summed E-state index contributed by atoms with van der Waals surface area (Å²) in [5, 5.41) is 16.6. The molecule has 1 aromatic heterocycles. The second-order valence-corrected chi connectivity index (χ2v) is 6.81. The van der Waals surface area contributed by atoms with E-state index in [0.717, 1.165) is 23.5 Å². The van der Waals surface area contributed by atoms with E-state index in [1.165, 1.54) is 18.2 Å². The third-order valence-electron chi connectivity index (χ3n) is 4.17. The molecule has 6 nitrogen and oxygen atoms in total. The first-order valence-corrected chi connectivity index (χ1v) is 8.48. The standard InChI is InChI=1S/C16H15F2N3O3S/c17-11-2-1-9(7-12(11)18)10-5-6-19-8-13(10)20-16(22)14-3-4-15(25-14)21(23)24/h1-4,7,10,13,19H,5-6,8H2,(H,20,22). The van der Waals surface area contributed by atoms with Crippen LogP contribution in [0.2, 0.25) is 0 Å². The van der Waals surface area contributed by atoms with Crippen molar-refractivity contribution in [2.45, 2.75) is 18.4 Å². The van der Waals surface area contributed by atoms with Gasteiger partial charge in [-0.15, -0.1) is 0 Å². The molecular weight excluding hydrogens is 352 g/mol. The molecule has 1 aliphatic heterocycles. The number of benzene rings is 1. The molecule has 2 unspecified atom stereocenters. The van der Waals surface area contributed by atoms with Gasteiger partial charge in [0.2, 0.25) is 0 Å². The van der Waals surface area contributed by atoms with Crippen LogP contribution in [-0.2, 0) is 0 Å². The number of hydrogen-bond donors (Lipinski definition) is 2. The molecule has 0 radical (unpaired) electrons. The second kappa shape index (κ2) is 7.24. The molecule has 0 bridgehead atoms. The van der Waals surface area contributed by atoms with Crippen molar-refractivity contribution in [3.8, 4) is 0 Å². The van der Waals surface area contributed by atoms with Crippen LogP contribution in [0.15, 0.2) is 30.3 Å². The third-order valence-corrected chi connectivity index (χ3v) is 5.20. The van der Waals surface area contributed by atoms with Crippen LogP contribution in [-0.4, -0.2) is 30.0 Å². The molecule has 1 saturated heterocycles. The normalized spacial score (nSPS) is 20.2. The molecule has 1 aliphatic rings. The van der Waals surface area contributed by atoms with E-state index in [2.05, 4.69) is 10.6 Å². The first-order valence-electron chi connectivity index (χ1n) is 7.66. The summed E-state index contributed by atoms with van der Waals surface area (Å²) in [5.74, 6) is -2.42. The molecule has 2 N–H and O–H groups in total. The lowest BCUT2D eigenvalue weighted by Gasteiger charge is -2.33. The summed E-state index contributed by atoms with van der Waals surface area (Å²) in [6.45, 7) is 1.17. The maximum absolute atomic E-state index is 13.5. The Bertz CT molecular complexity index is 812. The minimum atomic E-state index is -0.921. The zero-order chi connectivity index (χ0) is 18.0. The van der Waals surface area contributed by atoms with Crippen molar-refractivity contribution in [2.75, 3.05) is 13.1 Å². The summed E-state index contributed by atoms with van der Waals surface area (Å²) in [7, 11) is 0. The average Bonchev–Trinajstić information content (AvgIpc) is 3.08. The first-order chi connectivity index (χ1) is 12.0. The highest BCUT2D eigenvalue weighted by Crippen LogP contribution is 2.28. The molecule has 1 fully saturated rings. The van der Waals surface area contributed by atoms with E-state index < -0.39 is 22.5 Å². The van der Waals surface area contributed by atoms with Crippen molar-refractivity contribution in [2.24, 2.45) is 0 Å². The Morgan fingerprint density at radius 2 is 2.08 bits per heavy atom. The number of nitrogens with one attached hydrogen (secondary N) is 2. The van der Waals surface area contributed by atoms with Gasteiger partial charge in [0, 0.05) is 24.6 Å². The van der Waals surface area contributed by atoms with Gasteiger partial charge in [-0.1, -0.05) is 17.4 Å². The van der Waals surface area contributed by atoms with Gasteiger partial charge in [0.25, 0.3) is 5.91 Å². The van der Waals surface area contributed by atoms with Gasteiger partial charge < -0.3 is 10.6 Å². The van der Waals surface area contributed by atoms with Gasteiger partial charge in [-0.3, -0.25) is 14.9 Å². The molecule has 1 aromatic carbocycles. The number of piperidine rings is 1. The third kappa shape index (κ3) is 3.83. The molecule has 2 heterocycles. The fraction of sp³-hybridized carbons (Fsp3) is 0.312. The van der Waals surface area contributed by atoms with Gasteiger partial charge >= 0.3 is 5.00 Å². The van der Waals surface area contributed by atoms with Crippen LogP contribution in [0, 0.1) is 21.7 Å². The van der Waals surface area contributed by atoms with E-state index in [-0.39, 0.29) is 21.8 Å². The van der Waals surface area contributed by atoms with Gasteiger partial charge in [-0.05, 0) is 36.7 Å². The van der Waals surface area contributed by atoms with Crippen molar-refractivity contribution in [3.05, 3.63) is 62.5 Å². The summed E-state index contributed by atoms with van der Waals surface area (Å²) >= 11 is 0.798. The van der Waals surface area contributed by atoms with E-state index in [1.807, 2.05) is 0 Å². The molecular formula is C16H15F2N3O3S. The number of thiophene rings is 1. The first kappa shape index (κ1) is 17.4. The summed E-state index contributed by atoms with van der Waals surface area (Å²) < 4.78 is 26.7. The number of rotatable bonds is 4. The molecule has 0 aliphatic carbocycles. The van der Waals surface area contributed by atoms with Crippen LogP contribution in [0.3, 0.4) is 0 Å². The Hall–Kier alpha value is -2.39. The minimum Gasteiger partial charge on any atom is -0.347 e. The Morgan fingerprint density at radius 3 is 2.76 bits per heavy atom. The van der Waals surface area contributed by atoms with Gasteiger partial charge in [0.15, 0.2) is 11.6 Å². The quantitative estimate of drug-likeness (QED) is 0.643. The molecule has 2 aromatic rings. The molecule has 25 heavy (non-hydrogen) atoms. The van der Waals surface area contributed by atoms with Crippen molar-refractivity contribution >= 4 is 22.2 Å². The zero-order valence-corrected chi connectivity index (χ0v) is 13.8. The lowest BCUT2D eigenvalue weighted by Crippen LogP contribution is -2.49. The predicted octanol–water partition coefficient (Wildman–Crippen LogP) is 2.81. The zero-order valence-electron chi connectivity index (χ0n) is 13.0. The van der Waals surface area contributed by atoms with Crippen molar-refractivity contribution in [1.29, 1.82) is 0 Å². The molecule has 0 spiro atoms. The number of hydrogen-bond acceptors (Lipinski definition) is 5. The highest BCUT2D eigenvalue weighted by atomic mass is 32.1. The van der Waals surface area contributed by atoms with Crippen LogP contribution in [0.4, 0.5) is 13.8 Å². The highest BCUT2D eigenvalue weighted by Gasteiger charge is 2.29. The van der Waals surface area contributed by atoms with E-state index in [1.54, 1.807) is 0 Å². The fourth-order valence-corrected chi connectivity index (χ4v) is 3.66. The van der Waals surface area contributed by atoms with Crippen molar-refractivity contribution in [1.82, 2.24) is 10.6 Å². The lowest BCUT2D eigenvalue weighted by atomic mass is 9.86. The summed E-state index contributed by atoms with van der Waals surface area (Å²) in [6.07, 6.45) is 0.653. The SMILES string of the molecule is O=C(NC1CNCCC1c1ccc(F)c(F)c1)c1ccc([N+](=O)[O-])s1. The maximum Gasteiger partial charge on any atom is 0.324 e. The van der Waals surface area contributed by atoms with Crippen LogP contribution < -0.4 is 10.6 Å². The summed E-state index contributed by atoms with van der Waals surface area (Å²) in [4.78, 5) is 22.8. The largest absolute Gasteiger partial charge is 0.347 e. The van der Waals surface area contributed by atoms with E-state index in [4.69, 9.17) is 0 Å². The predicted molar refractivity (Wildman–Crippen MR) is 88.8 cm³/mol. The molecule has 3 rings (SSSR count). The number of carbonyl (C=O) groups excluding carboxylic acids is 1. The number of amides is 1.